The zero-order valence-corrected chi connectivity index (χ0v) is 17.0. The van der Waals surface area contributed by atoms with Crippen LogP contribution in [0, 0.1) is 17.6 Å². The lowest BCUT2D eigenvalue weighted by Crippen LogP contribution is -2.57. The maximum absolute atomic E-state index is 15.1. The van der Waals surface area contributed by atoms with Crippen molar-refractivity contribution in [2.75, 3.05) is 13.2 Å². The van der Waals surface area contributed by atoms with Crippen LogP contribution in [-0.2, 0) is 19.3 Å². The Balaban J connectivity index is 2.03. The van der Waals surface area contributed by atoms with Crippen LogP contribution in [0.1, 0.15) is 18.4 Å². The first-order chi connectivity index (χ1) is 13.8. The quantitative estimate of drug-likeness (QED) is 0.649. The molecule has 8 heteroatoms. The molecule has 154 valence electrons. The van der Waals surface area contributed by atoms with Gasteiger partial charge in [-0.15, -0.1) is 6.58 Å². The molecule has 2 aliphatic heterocycles. The number of ether oxygens (including phenoxy) is 2. The largest absolute Gasteiger partial charge is 0.490 e. The Hall–Kier alpha value is -1.96. The molecule has 29 heavy (non-hydrogen) atoms. The van der Waals surface area contributed by atoms with E-state index in [1.165, 1.54) is 24.3 Å². The van der Waals surface area contributed by atoms with Crippen molar-refractivity contribution < 1.29 is 26.7 Å². The van der Waals surface area contributed by atoms with Crippen LogP contribution in [0.5, 0.6) is 5.75 Å². The third-order valence-electron chi connectivity index (χ3n) is 5.74. The monoisotopic (exact) mass is 440 g/mol. The number of hydrogen-bond donors (Lipinski definition) is 0. The van der Waals surface area contributed by atoms with E-state index < -0.39 is 38.2 Å². The lowest BCUT2D eigenvalue weighted by atomic mass is 9.75. The van der Waals surface area contributed by atoms with Gasteiger partial charge in [-0.25, -0.2) is 17.2 Å². The standard InChI is InChI=1S/C21H19ClF2O4S/c1-2-3-18-15-12-28-20-17(24)9-8-16(23)19(20)21(15,10-11-27-18)29(25,26)14-6-4-13(22)5-7-14/h2,4-9,15,18H,1,3,10-12H2/t15-,18-,21?/m1/s1. The van der Waals surface area contributed by atoms with Gasteiger partial charge in [0.05, 0.1) is 23.2 Å². The van der Waals surface area contributed by atoms with Crippen LogP contribution in [0.2, 0.25) is 5.02 Å². The van der Waals surface area contributed by atoms with Crippen molar-refractivity contribution >= 4 is 21.4 Å². The molecule has 4 rings (SSSR count). The van der Waals surface area contributed by atoms with Crippen molar-refractivity contribution in [1.29, 1.82) is 0 Å². The van der Waals surface area contributed by atoms with Crippen LogP contribution in [0.4, 0.5) is 8.78 Å². The molecule has 1 unspecified atom stereocenters. The Bertz CT molecular complexity index is 1060. The number of halogens is 3. The normalized spacial score (nSPS) is 26.2. The molecule has 0 spiro atoms. The summed E-state index contributed by atoms with van der Waals surface area (Å²) in [6.45, 7) is 3.67. The Labute approximate surface area is 173 Å². The second-order valence-electron chi connectivity index (χ2n) is 7.18. The fraction of sp³-hybridized carbons (Fsp3) is 0.333. The summed E-state index contributed by atoms with van der Waals surface area (Å²) in [6.07, 6.45) is 1.40. The first-order valence-electron chi connectivity index (χ1n) is 9.17. The van der Waals surface area contributed by atoms with E-state index in [1.54, 1.807) is 6.08 Å². The maximum atomic E-state index is 15.1. The van der Waals surface area contributed by atoms with E-state index in [2.05, 4.69) is 6.58 Å². The minimum atomic E-state index is -4.16. The molecule has 0 radical (unpaired) electrons. The van der Waals surface area contributed by atoms with Crippen LogP contribution in [0.15, 0.2) is 53.9 Å². The molecule has 0 N–H and O–H groups in total. The van der Waals surface area contributed by atoms with Crippen molar-refractivity contribution in [3.63, 3.8) is 0 Å². The highest BCUT2D eigenvalue weighted by Crippen LogP contribution is 2.55. The van der Waals surface area contributed by atoms with Gasteiger partial charge in [0, 0.05) is 17.5 Å². The second kappa shape index (κ2) is 7.38. The van der Waals surface area contributed by atoms with Gasteiger partial charge in [0.1, 0.15) is 10.6 Å². The number of sulfone groups is 1. The van der Waals surface area contributed by atoms with Gasteiger partial charge >= 0.3 is 0 Å². The molecule has 1 saturated heterocycles. The van der Waals surface area contributed by atoms with E-state index in [9.17, 15) is 12.8 Å². The maximum Gasteiger partial charge on any atom is 0.189 e. The molecule has 0 amide bonds. The topological polar surface area (TPSA) is 52.6 Å². The SMILES string of the molecule is C=CC[C@H]1OCCC2(S(=O)(=O)c3ccc(Cl)cc3)c3c(F)ccc(F)c3OC[C@H]12. The smallest absolute Gasteiger partial charge is 0.189 e. The summed E-state index contributed by atoms with van der Waals surface area (Å²) in [4.78, 5) is -0.0114. The van der Waals surface area contributed by atoms with Gasteiger partial charge in [-0.2, -0.15) is 0 Å². The Morgan fingerprint density at radius 1 is 1.17 bits per heavy atom. The zero-order valence-electron chi connectivity index (χ0n) is 15.4. The Morgan fingerprint density at radius 3 is 2.55 bits per heavy atom. The van der Waals surface area contributed by atoms with Gasteiger partial charge in [0.2, 0.25) is 0 Å². The van der Waals surface area contributed by atoms with Crippen LogP contribution in [0.3, 0.4) is 0 Å². The van der Waals surface area contributed by atoms with E-state index >= 15 is 4.39 Å². The highest BCUT2D eigenvalue weighted by molar-refractivity contribution is 7.92. The molecule has 1 fully saturated rings. The van der Waals surface area contributed by atoms with Crippen molar-refractivity contribution in [1.82, 2.24) is 0 Å². The molecular formula is C21H19ClF2O4S. The predicted octanol–water partition coefficient (Wildman–Crippen LogP) is 4.66. The molecule has 3 atom stereocenters. The number of hydrogen-bond acceptors (Lipinski definition) is 4. The molecule has 0 saturated carbocycles. The van der Waals surface area contributed by atoms with E-state index in [-0.39, 0.29) is 35.8 Å². The molecule has 2 aromatic rings. The molecular weight excluding hydrogens is 422 g/mol. The van der Waals surface area contributed by atoms with Gasteiger partial charge in [-0.3, -0.25) is 0 Å². The minimum absolute atomic E-state index is 0.0114. The van der Waals surface area contributed by atoms with E-state index in [0.717, 1.165) is 12.1 Å². The van der Waals surface area contributed by atoms with E-state index in [1.807, 2.05) is 0 Å². The molecule has 4 nitrogen and oxygen atoms in total. The second-order valence-corrected chi connectivity index (χ2v) is 9.82. The van der Waals surface area contributed by atoms with Crippen LogP contribution in [-0.4, -0.2) is 27.7 Å². The molecule has 2 aromatic carbocycles. The lowest BCUT2D eigenvalue weighted by Gasteiger charge is -2.50. The Kier molecular flexibility index (Phi) is 5.17. The summed E-state index contributed by atoms with van der Waals surface area (Å²) in [5, 5.41) is 0.374. The van der Waals surface area contributed by atoms with Gasteiger partial charge in [-0.05, 0) is 49.2 Å². The highest BCUT2D eigenvalue weighted by Gasteiger charge is 2.61. The van der Waals surface area contributed by atoms with Crippen molar-refractivity contribution in [2.24, 2.45) is 5.92 Å². The average molecular weight is 441 g/mol. The number of fused-ring (bicyclic) bond motifs is 3. The lowest BCUT2D eigenvalue weighted by molar-refractivity contribution is -0.0704. The molecule has 0 bridgehead atoms. The summed E-state index contributed by atoms with van der Waals surface area (Å²) >= 11 is 5.92. The van der Waals surface area contributed by atoms with Crippen LogP contribution < -0.4 is 4.74 Å². The molecule has 2 heterocycles. The fourth-order valence-corrected chi connectivity index (χ4v) is 6.92. The van der Waals surface area contributed by atoms with Crippen LogP contribution in [0.25, 0.3) is 0 Å². The van der Waals surface area contributed by atoms with Gasteiger partial charge in [0.15, 0.2) is 21.4 Å². The minimum Gasteiger partial charge on any atom is -0.490 e. The van der Waals surface area contributed by atoms with Gasteiger partial charge in [0.25, 0.3) is 0 Å². The summed E-state index contributed by atoms with van der Waals surface area (Å²) in [5.41, 5.74) is -0.263. The fourth-order valence-electron chi connectivity index (χ4n) is 4.45. The van der Waals surface area contributed by atoms with E-state index in [0.29, 0.717) is 11.4 Å². The third kappa shape index (κ3) is 2.98. The zero-order chi connectivity index (χ0) is 20.8. The van der Waals surface area contributed by atoms with Gasteiger partial charge in [-0.1, -0.05) is 17.7 Å². The third-order valence-corrected chi connectivity index (χ3v) is 8.56. The Morgan fingerprint density at radius 2 is 1.86 bits per heavy atom. The highest BCUT2D eigenvalue weighted by atomic mass is 35.5. The number of benzene rings is 2. The first-order valence-corrected chi connectivity index (χ1v) is 11.0. The van der Waals surface area contributed by atoms with E-state index in [4.69, 9.17) is 21.1 Å². The summed E-state index contributed by atoms with van der Waals surface area (Å²) in [7, 11) is -4.16. The van der Waals surface area contributed by atoms with Crippen molar-refractivity contribution in [3.8, 4) is 5.75 Å². The van der Waals surface area contributed by atoms with Gasteiger partial charge < -0.3 is 9.47 Å². The predicted molar refractivity (Wildman–Crippen MR) is 105 cm³/mol. The summed E-state index contributed by atoms with van der Waals surface area (Å²) < 4.78 is 67.1. The van der Waals surface area contributed by atoms with Crippen LogP contribution >= 0.6 is 11.6 Å². The molecule has 2 aliphatic rings. The summed E-state index contributed by atoms with van der Waals surface area (Å²) in [6, 6.07) is 7.57. The number of rotatable bonds is 4. The molecule has 0 aromatic heterocycles. The molecule has 0 aliphatic carbocycles. The average Bonchev–Trinajstić information content (AvgIpc) is 2.71. The summed E-state index contributed by atoms with van der Waals surface area (Å²) in [5.74, 6) is -2.70. The first kappa shape index (κ1) is 20.3. The van der Waals surface area contributed by atoms with Crippen molar-refractivity contribution in [2.45, 2.75) is 28.6 Å². The van der Waals surface area contributed by atoms with Crippen molar-refractivity contribution in [3.05, 3.63) is 71.3 Å².